The van der Waals surface area contributed by atoms with Gasteiger partial charge in [0.2, 0.25) is 0 Å². The zero-order valence-corrected chi connectivity index (χ0v) is 12.5. The zero-order chi connectivity index (χ0) is 15.0. The first-order valence-electron chi connectivity index (χ1n) is 6.85. The van der Waals surface area contributed by atoms with Crippen molar-refractivity contribution in [1.82, 2.24) is 0 Å². The Morgan fingerprint density at radius 3 is 2.45 bits per heavy atom. The second-order valence-corrected chi connectivity index (χ2v) is 4.77. The molecule has 3 nitrogen and oxygen atoms in total. The van der Waals surface area contributed by atoms with Crippen molar-refractivity contribution >= 4 is 11.5 Å². The SMILES string of the molecule is CCCc1ccc(/C(C)=C/C(=C\N)CC(=O)OC)cc1. The molecule has 0 saturated carbocycles. The van der Waals surface area contributed by atoms with Crippen LogP contribution in [0.25, 0.3) is 5.57 Å². The van der Waals surface area contributed by atoms with Crippen LogP contribution in [0, 0.1) is 0 Å². The maximum Gasteiger partial charge on any atom is 0.310 e. The number of carbonyl (C=O) groups is 1. The summed E-state index contributed by atoms with van der Waals surface area (Å²) in [6.07, 6.45) is 5.81. The summed E-state index contributed by atoms with van der Waals surface area (Å²) >= 11 is 0. The van der Waals surface area contributed by atoms with Gasteiger partial charge in [0, 0.05) is 0 Å². The molecule has 0 aliphatic rings. The fraction of sp³-hybridized carbons (Fsp3) is 0.353. The second-order valence-electron chi connectivity index (χ2n) is 4.77. The fourth-order valence-corrected chi connectivity index (χ4v) is 1.98. The van der Waals surface area contributed by atoms with Gasteiger partial charge >= 0.3 is 5.97 Å². The summed E-state index contributed by atoms with van der Waals surface area (Å²) in [5.41, 5.74) is 9.86. The number of rotatable bonds is 6. The molecule has 20 heavy (non-hydrogen) atoms. The molecule has 0 bridgehead atoms. The molecule has 0 heterocycles. The van der Waals surface area contributed by atoms with E-state index < -0.39 is 0 Å². The molecule has 108 valence electrons. The molecule has 0 aromatic heterocycles. The van der Waals surface area contributed by atoms with Gasteiger partial charge in [-0.1, -0.05) is 43.7 Å². The largest absolute Gasteiger partial charge is 0.469 e. The van der Waals surface area contributed by atoms with Crippen molar-refractivity contribution < 1.29 is 9.53 Å². The van der Waals surface area contributed by atoms with Crippen LogP contribution in [0.3, 0.4) is 0 Å². The van der Waals surface area contributed by atoms with Crippen molar-refractivity contribution in [2.75, 3.05) is 7.11 Å². The highest BCUT2D eigenvalue weighted by Gasteiger charge is 2.04. The Kier molecular flexibility index (Phi) is 6.57. The molecule has 0 unspecified atom stereocenters. The molecule has 1 aromatic carbocycles. The minimum Gasteiger partial charge on any atom is -0.469 e. The van der Waals surface area contributed by atoms with Gasteiger partial charge in [-0.2, -0.15) is 0 Å². The van der Waals surface area contributed by atoms with Crippen LogP contribution in [0.5, 0.6) is 0 Å². The summed E-state index contributed by atoms with van der Waals surface area (Å²) in [6.45, 7) is 4.18. The predicted octanol–water partition coefficient (Wildman–Crippen LogP) is 3.45. The molecule has 0 aliphatic carbocycles. The van der Waals surface area contributed by atoms with Crippen molar-refractivity contribution in [3.05, 3.63) is 53.2 Å². The molecule has 2 N–H and O–H groups in total. The highest BCUT2D eigenvalue weighted by atomic mass is 16.5. The van der Waals surface area contributed by atoms with Crippen molar-refractivity contribution in [3.8, 4) is 0 Å². The lowest BCUT2D eigenvalue weighted by Gasteiger charge is -2.06. The van der Waals surface area contributed by atoms with E-state index >= 15 is 0 Å². The maximum absolute atomic E-state index is 11.3. The third kappa shape index (κ3) is 4.92. The Bertz CT molecular complexity index is 498. The van der Waals surface area contributed by atoms with E-state index in [0.717, 1.165) is 29.6 Å². The average Bonchev–Trinajstić information content (AvgIpc) is 2.47. The molecule has 0 spiro atoms. The highest BCUT2D eigenvalue weighted by molar-refractivity contribution is 5.75. The predicted molar refractivity (Wildman–Crippen MR) is 83.0 cm³/mol. The van der Waals surface area contributed by atoms with Crippen LogP contribution in [0.4, 0.5) is 0 Å². The van der Waals surface area contributed by atoms with E-state index in [0.29, 0.717) is 0 Å². The molecular formula is C17H23NO2. The van der Waals surface area contributed by atoms with Gasteiger partial charge in [0.1, 0.15) is 0 Å². The summed E-state index contributed by atoms with van der Waals surface area (Å²) in [6, 6.07) is 8.48. The molecule has 0 aliphatic heterocycles. The summed E-state index contributed by atoms with van der Waals surface area (Å²) in [4.78, 5) is 11.3. The Morgan fingerprint density at radius 2 is 1.95 bits per heavy atom. The minimum absolute atomic E-state index is 0.193. The van der Waals surface area contributed by atoms with E-state index in [2.05, 4.69) is 35.9 Å². The number of methoxy groups -OCH3 is 1. The van der Waals surface area contributed by atoms with Crippen LogP contribution in [-0.2, 0) is 16.0 Å². The van der Waals surface area contributed by atoms with Crippen molar-refractivity contribution in [1.29, 1.82) is 0 Å². The standard InChI is InChI=1S/C17H23NO2/c1-4-5-14-6-8-16(9-7-14)13(2)10-15(12-18)11-17(19)20-3/h6-10,12H,4-5,11,18H2,1-3H3/b13-10+,15-12+. The fourth-order valence-electron chi connectivity index (χ4n) is 1.98. The number of carbonyl (C=O) groups excluding carboxylic acids is 1. The molecule has 0 atom stereocenters. The third-order valence-electron chi connectivity index (χ3n) is 3.14. The van der Waals surface area contributed by atoms with Gasteiger partial charge in [-0.05, 0) is 41.8 Å². The average molecular weight is 273 g/mol. The van der Waals surface area contributed by atoms with Crippen molar-refractivity contribution in [3.63, 3.8) is 0 Å². The van der Waals surface area contributed by atoms with E-state index in [9.17, 15) is 4.79 Å². The van der Waals surface area contributed by atoms with Gasteiger partial charge in [-0.15, -0.1) is 0 Å². The van der Waals surface area contributed by atoms with Gasteiger partial charge in [0.15, 0.2) is 0 Å². The Hall–Kier alpha value is -2.03. The normalized spacial score (nSPS) is 12.3. The van der Waals surface area contributed by atoms with Crippen LogP contribution in [0.15, 0.2) is 42.1 Å². The quantitative estimate of drug-likeness (QED) is 0.638. The molecule has 3 heteroatoms. The molecular weight excluding hydrogens is 250 g/mol. The molecule has 1 rings (SSSR count). The highest BCUT2D eigenvalue weighted by Crippen LogP contribution is 2.18. The van der Waals surface area contributed by atoms with Crippen LogP contribution in [0.1, 0.15) is 37.8 Å². The number of ether oxygens (including phenoxy) is 1. The lowest BCUT2D eigenvalue weighted by molar-refractivity contribution is -0.139. The number of esters is 1. The summed E-state index contributed by atoms with van der Waals surface area (Å²) < 4.78 is 4.65. The van der Waals surface area contributed by atoms with Gasteiger partial charge in [0.05, 0.1) is 13.5 Å². The lowest BCUT2D eigenvalue weighted by Crippen LogP contribution is -2.02. The van der Waals surface area contributed by atoms with Crippen molar-refractivity contribution in [2.45, 2.75) is 33.1 Å². The summed E-state index contributed by atoms with van der Waals surface area (Å²) in [5.74, 6) is -0.288. The molecule has 0 saturated heterocycles. The number of allylic oxidation sites excluding steroid dienone is 2. The molecule has 0 amide bonds. The van der Waals surface area contributed by atoms with E-state index in [1.54, 1.807) is 0 Å². The molecule has 0 radical (unpaired) electrons. The molecule has 0 fully saturated rings. The Balaban J connectivity index is 2.83. The summed E-state index contributed by atoms with van der Waals surface area (Å²) in [7, 11) is 1.37. The number of benzene rings is 1. The van der Waals surface area contributed by atoms with E-state index in [1.165, 1.54) is 18.9 Å². The smallest absolute Gasteiger partial charge is 0.310 e. The van der Waals surface area contributed by atoms with Crippen LogP contribution in [0.2, 0.25) is 0 Å². The minimum atomic E-state index is -0.288. The third-order valence-corrected chi connectivity index (χ3v) is 3.14. The monoisotopic (exact) mass is 273 g/mol. The first-order chi connectivity index (χ1) is 9.60. The topological polar surface area (TPSA) is 52.3 Å². The van der Waals surface area contributed by atoms with Crippen LogP contribution >= 0.6 is 0 Å². The van der Waals surface area contributed by atoms with Gasteiger partial charge in [-0.25, -0.2) is 0 Å². The molecule has 1 aromatic rings. The second kappa shape index (κ2) is 8.20. The van der Waals surface area contributed by atoms with E-state index in [1.807, 2.05) is 13.0 Å². The Labute approximate surface area is 121 Å². The number of nitrogens with two attached hydrogens (primary N) is 1. The van der Waals surface area contributed by atoms with Crippen LogP contribution in [-0.4, -0.2) is 13.1 Å². The first kappa shape index (κ1) is 16.0. The Morgan fingerprint density at radius 1 is 1.30 bits per heavy atom. The summed E-state index contributed by atoms with van der Waals surface area (Å²) in [5, 5.41) is 0. The number of hydrogen-bond acceptors (Lipinski definition) is 3. The maximum atomic E-state index is 11.3. The number of aryl methyl sites for hydroxylation is 1. The van der Waals surface area contributed by atoms with E-state index in [4.69, 9.17) is 5.73 Å². The zero-order valence-electron chi connectivity index (χ0n) is 12.5. The first-order valence-corrected chi connectivity index (χ1v) is 6.85. The van der Waals surface area contributed by atoms with Crippen molar-refractivity contribution in [2.24, 2.45) is 5.73 Å². The van der Waals surface area contributed by atoms with Gasteiger partial charge in [0.25, 0.3) is 0 Å². The van der Waals surface area contributed by atoms with Gasteiger partial charge in [-0.3, -0.25) is 4.79 Å². The van der Waals surface area contributed by atoms with Gasteiger partial charge < -0.3 is 10.5 Å². The lowest BCUT2D eigenvalue weighted by atomic mass is 10.0. The van der Waals surface area contributed by atoms with E-state index in [-0.39, 0.29) is 12.4 Å². The number of hydrogen-bond donors (Lipinski definition) is 1. The van der Waals surface area contributed by atoms with Crippen LogP contribution < -0.4 is 5.73 Å².